The van der Waals surface area contributed by atoms with Crippen LogP contribution in [-0.4, -0.2) is 29.7 Å². The number of nitrogens with zero attached hydrogens (tertiary/aromatic N) is 1. The fraction of sp³-hybridized carbons (Fsp3) is 0.0909. The van der Waals surface area contributed by atoms with Crippen LogP contribution in [0.25, 0.3) is 6.08 Å². The third kappa shape index (κ3) is 3.76. The van der Waals surface area contributed by atoms with Gasteiger partial charge in [-0.3, -0.25) is 5.10 Å². The number of thiophene rings is 1. The van der Waals surface area contributed by atoms with Crippen molar-refractivity contribution in [1.82, 2.24) is 14.9 Å². The van der Waals surface area contributed by atoms with Crippen molar-refractivity contribution >= 4 is 33.4 Å². The fourth-order valence-corrected chi connectivity index (χ4v) is 3.18. The van der Waals surface area contributed by atoms with Gasteiger partial charge in [0.2, 0.25) is 0 Å². The molecule has 0 atom stereocenters. The SMILES string of the molecule is O=C(O)/C=C/c1csc(CNS(=O)(=O)c2ccn[nH]2)c1. The molecule has 106 valence electrons. The third-order valence-corrected chi connectivity index (χ3v) is 4.58. The number of carboxylic acid groups (broad SMARTS) is 1. The molecule has 0 radical (unpaired) electrons. The number of H-pyrrole nitrogens is 1. The monoisotopic (exact) mass is 313 g/mol. The summed E-state index contributed by atoms with van der Waals surface area (Å²) in [6.07, 6.45) is 3.83. The lowest BCUT2D eigenvalue weighted by atomic mass is 10.3. The highest BCUT2D eigenvalue weighted by Gasteiger charge is 2.15. The van der Waals surface area contributed by atoms with Gasteiger partial charge in [-0.15, -0.1) is 11.3 Å². The molecule has 0 aliphatic rings. The first-order valence-corrected chi connectivity index (χ1v) is 7.81. The number of aromatic amines is 1. The fourth-order valence-electron chi connectivity index (χ4n) is 1.38. The molecule has 7 nitrogen and oxygen atoms in total. The van der Waals surface area contributed by atoms with E-state index in [1.807, 2.05) is 0 Å². The highest BCUT2D eigenvalue weighted by molar-refractivity contribution is 7.89. The first-order chi connectivity index (χ1) is 9.47. The molecule has 3 N–H and O–H groups in total. The number of nitrogens with one attached hydrogen (secondary N) is 2. The van der Waals surface area contributed by atoms with Gasteiger partial charge in [0.25, 0.3) is 10.0 Å². The Morgan fingerprint density at radius 3 is 3.00 bits per heavy atom. The lowest BCUT2D eigenvalue weighted by molar-refractivity contribution is -0.131. The number of hydrogen-bond acceptors (Lipinski definition) is 5. The maximum Gasteiger partial charge on any atom is 0.328 e. The molecular weight excluding hydrogens is 302 g/mol. The summed E-state index contributed by atoms with van der Waals surface area (Å²) >= 11 is 1.34. The molecule has 9 heteroatoms. The molecule has 0 aliphatic carbocycles. The quantitative estimate of drug-likeness (QED) is 0.690. The van der Waals surface area contributed by atoms with Crippen LogP contribution in [0.2, 0.25) is 0 Å². The van der Waals surface area contributed by atoms with Gasteiger partial charge in [-0.2, -0.15) is 5.10 Å². The number of carbonyl (C=O) groups is 1. The summed E-state index contributed by atoms with van der Waals surface area (Å²) in [7, 11) is -3.61. The highest BCUT2D eigenvalue weighted by atomic mass is 32.2. The molecule has 2 rings (SSSR count). The van der Waals surface area contributed by atoms with Gasteiger partial charge in [0.1, 0.15) is 0 Å². The Kier molecular flexibility index (Phi) is 4.32. The van der Waals surface area contributed by atoms with E-state index in [-0.39, 0.29) is 11.6 Å². The Hall–Kier alpha value is -1.97. The summed E-state index contributed by atoms with van der Waals surface area (Å²) in [5, 5.41) is 16.2. The highest BCUT2D eigenvalue weighted by Crippen LogP contribution is 2.16. The standard InChI is InChI=1S/C11H11N3O4S2/c15-11(16)2-1-8-5-9(19-7-8)6-13-20(17,18)10-3-4-12-14-10/h1-5,7,13H,6H2,(H,12,14)(H,15,16)/b2-1+. The van der Waals surface area contributed by atoms with Crippen LogP contribution < -0.4 is 4.72 Å². The number of hydrogen-bond donors (Lipinski definition) is 3. The van der Waals surface area contributed by atoms with Gasteiger partial charge in [0, 0.05) is 17.5 Å². The molecule has 0 aromatic carbocycles. The van der Waals surface area contributed by atoms with Crippen molar-refractivity contribution in [2.45, 2.75) is 11.6 Å². The normalized spacial score (nSPS) is 12.0. The third-order valence-electron chi connectivity index (χ3n) is 2.29. The van der Waals surface area contributed by atoms with Crippen LogP contribution in [0.15, 0.2) is 34.8 Å². The van der Waals surface area contributed by atoms with Crippen molar-refractivity contribution in [3.05, 3.63) is 40.2 Å². The van der Waals surface area contributed by atoms with E-state index in [0.717, 1.165) is 11.0 Å². The minimum absolute atomic E-state index is 0.0000487. The van der Waals surface area contributed by atoms with E-state index in [1.165, 1.54) is 29.7 Å². The Bertz CT molecular complexity index is 717. The van der Waals surface area contributed by atoms with Gasteiger partial charge in [0.15, 0.2) is 5.03 Å². The molecule has 0 unspecified atom stereocenters. The summed E-state index contributed by atoms with van der Waals surface area (Å²) in [6.45, 7) is 0.132. The number of sulfonamides is 1. The molecule has 0 saturated heterocycles. The molecular formula is C11H11N3O4S2. The van der Waals surface area contributed by atoms with Gasteiger partial charge in [-0.05, 0) is 29.2 Å². The van der Waals surface area contributed by atoms with Crippen LogP contribution in [0, 0.1) is 0 Å². The maximum atomic E-state index is 11.8. The van der Waals surface area contributed by atoms with Crippen molar-refractivity contribution in [2.24, 2.45) is 0 Å². The second kappa shape index (κ2) is 5.99. The molecule has 0 fully saturated rings. The second-order valence-corrected chi connectivity index (χ2v) is 6.49. The number of carboxylic acids is 1. The predicted octanol–water partition coefficient (Wildman–Crippen LogP) is 1.05. The molecule has 0 saturated carbocycles. The van der Waals surface area contributed by atoms with Crippen molar-refractivity contribution in [3.8, 4) is 0 Å². The van der Waals surface area contributed by atoms with E-state index in [0.29, 0.717) is 5.56 Å². The zero-order valence-electron chi connectivity index (χ0n) is 10.1. The average molecular weight is 313 g/mol. The summed E-state index contributed by atoms with van der Waals surface area (Å²) in [6, 6.07) is 3.08. The van der Waals surface area contributed by atoms with E-state index in [1.54, 1.807) is 11.4 Å². The predicted molar refractivity (Wildman–Crippen MR) is 73.6 cm³/mol. The van der Waals surface area contributed by atoms with Crippen molar-refractivity contribution in [1.29, 1.82) is 0 Å². The van der Waals surface area contributed by atoms with E-state index in [9.17, 15) is 13.2 Å². The summed E-state index contributed by atoms with van der Waals surface area (Å²) in [5.41, 5.74) is 0.716. The minimum Gasteiger partial charge on any atom is -0.478 e. The van der Waals surface area contributed by atoms with Crippen molar-refractivity contribution < 1.29 is 18.3 Å². The minimum atomic E-state index is -3.61. The van der Waals surface area contributed by atoms with Gasteiger partial charge < -0.3 is 5.11 Å². The van der Waals surface area contributed by atoms with Crippen LogP contribution in [0.4, 0.5) is 0 Å². The van der Waals surface area contributed by atoms with Crippen LogP contribution in [0.3, 0.4) is 0 Å². The second-order valence-electron chi connectivity index (χ2n) is 3.76. The molecule has 0 aliphatic heterocycles. The Labute approximate surface area is 119 Å². The van der Waals surface area contributed by atoms with Gasteiger partial charge in [-0.1, -0.05) is 0 Å². The molecule has 2 aromatic rings. The summed E-state index contributed by atoms with van der Waals surface area (Å²) in [5.74, 6) is -1.03. The number of rotatable bonds is 6. The molecule has 2 heterocycles. The van der Waals surface area contributed by atoms with E-state index in [2.05, 4.69) is 14.9 Å². The number of aromatic nitrogens is 2. The van der Waals surface area contributed by atoms with Crippen molar-refractivity contribution in [2.75, 3.05) is 0 Å². The molecule has 20 heavy (non-hydrogen) atoms. The van der Waals surface area contributed by atoms with E-state index < -0.39 is 16.0 Å². The lowest BCUT2D eigenvalue weighted by Crippen LogP contribution is -2.23. The summed E-state index contributed by atoms with van der Waals surface area (Å²) < 4.78 is 26.1. The van der Waals surface area contributed by atoms with Crippen LogP contribution >= 0.6 is 11.3 Å². The lowest BCUT2D eigenvalue weighted by Gasteiger charge is -2.02. The molecule has 2 aromatic heterocycles. The average Bonchev–Trinajstić information content (AvgIpc) is 3.06. The van der Waals surface area contributed by atoms with Gasteiger partial charge in [0.05, 0.1) is 6.20 Å². The summed E-state index contributed by atoms with van der Waals surface area (Å²) in [4.78, 5) is 11.2. The van der Waals surface area contributed by atoms with Crippen LogP contribution in [0.1, 0.15) is 10.4 Å². The van der Waals surface area contributed by atoms with E-state index in [4.69, 9.17) is 5.11 Å². The topological polar surface area (TPSA) is 112 Å². The number of aliphatic carboxylic acids is 1. The van der Waals surface area contributed by atoms with E-state index >= 15 is 0 Å². The zero-order valence-corrected chi connectivity index (χ0v) is 11.7. The Balaban J connectivity index is 2.00. The smallest absolute Gasteiger partial charge is 0.328 e. The zero-order chi connectivity index (χ0) is 14.6. The van der Waals surface area contributed by atoms with Gasteiger partial charge in [-0.25, -0.2) is 17.9 Å². The van der Waals surface area contributed by atoms with Gasteiger partial charge >= 0.3 is 5.97 Å². The van der Waals surface area contributed by atoms with Crippen LogP contribution in [-0.2, 0) is 21.4 Å². The van der Waals surface area contributed by atoms with Crippen molar-refractivity contribution in [3.63, 3.8) is 0 Å². The Morgan fingerprint density at radius 1 is 1.55 bits per heavy atom. The Morgan fingerprint density at radius 2 is 2.35 bits per heavy atom. The maximum absolute atomic E-state index is 11.8. The van der Waals surface area contributed by atoms with Crippen LogP contribution in [0.5, 0.6) is 0 Å². The first kappa shape index (κ1) is 14.4. The molecule has 0 spiro atoms. The first-order valence-electron chi connectivity index (χ1n) is 5.45. The molecule has 0 amide bonds. The largest absolute Gasteiger partial charge is 0.478 e. The molecule has 0 bridgehead atoms.